The van der Waals surface area contributed by atoms with Crippen LogP contribution in [-0.2, 0) is 11.3 Å². The molecule has 0 bridgehead atoms. The molecule has 2 atom stereocenters. The van der Waals surface area contributed by atoms with Crippen molar-refractivity contribution in [2.45, 2.75) is 31.8 Å². The van der Waals surface area contributed by atoms with Gasteiger partial charge in [-0.15, -0.1) is 0 Å². The van der Waals surface area contributed by atoms with E-state index in [2.05, 4.69) is 26.3 Å². The molecule has 2 aromatic heterocycles. The summed E-state index contributed by atoms with van der Waals surface area (Å²) in [6.07, 6.45) is 2.23. The van der Waals surface area contributed by atoms with E-state index < -0.39 is 17.7 Å². The van der Waals surface area contributed by atoms with Crippen LogP contribution in [0, 0.1) is 11.6 Å². The molecule has 2 aliphatic rings. The Morgan fingerprint density at radius 2 is 2.06 bits per heavy atom. The number of halogens is 3. The highest BCUT2D eigenvalue weighted by atomic mass is 79.9. The lowest BCUT2D eigenvalue weighted by molar-refractivity contribution is -0.130. The Morgan fingerprint density at radius 3 is 2.82 bits per heavy atom. The fourth-order valence-electron chi connectivity index (χ4n) is 4.55. The third-order valence-electron chi connectivity index (χ3n) is 6.25. The summed E-state index contributed by atoms with van der Waals surface area (Å²) in [7, 11) is 0. The summed E-state index contributed by atoms with van der Waals surface area (Å²) in [6.45, 7) is 3.27. The maximum absolute atomic E-state index is 13.9. The van der Waals surface area contributed by atoms with Crippen molar-refractivity contribution in [3.8, 4) is 16.3 Å². The summed E-state index contributed by atoms with van der Waals surface area (Å²) >= 11 is 4.76. The quantitative estimate of drug-likeness (QED) is 0.530. The van der Waals surface area contributed by atoms with Crippen molar-refractivity contribution in [3.05, 3.63) is 57.0 Å². The molecule has 2 amide bonds. The van der Waals surface area contributed by atoms with Gasteiger partial charge in [0, 0.05) is 25.9 Å². The van der Waals surface area contributed by atoms with Crippen LogP contribution in [0.4, 0.5) is 8.78 Å². The first-order valence-electron chi connectivity index (χ1n) is 10.8. The number of benzene rings is 1. The Balaban J connectivity index is 1.43. The molecular weight excluding hydrogens is 530 g/mol. The van der Waals surface area contributed by atoms with Gasteiger partial charge in [0.15, 0.2) is 16.7 Å². The van der Waals surface area contributed by atoms with Crippen molar-refractivity contribution in [2.24, 2.45) is 0 Å². The number of nitrogens with zero attached hydrogens (tertiary/aromatic N) is 3. The van der Waals surface area contributed by atoms with Gasteiger partial charge >= 0.3 is 0 Å². The van der Waals surface area contributed by atoms with Crippen molar-refractivity contribution in [3.63, 3.8) is 0 Å². The largest absolute Gasteiger partial charge is 0.481 e. The van der Waals surface area contributed by atoms with E-state index in [1.807, 2.05) is 4.68 Å². The molecule has 3 aromatic rings. The molecular formula is C23H21BrF2N4O3S. The Morgan fingerprint density at radius 1 is 1.24 bits per heavy atom. The Kier molecular flexibility index (Phi) is 6.15. The summed E-state index contributed by atoms with van der Waals surface area (Å²) in [6, 6.07) is 5.11. The Hall–Kier alpha value is -2.79. The maximum atomic E-state index is 13.9. The van der Waals surface area contributed by atoms with Gasteiger partial charge in [0.25, 0.3) is 5.91 Å². The van der Waals surface area contributed by atoms with Crippen LogP contribution in [-0.4, -0.2) is 52.2 Å². The highest BCUT2D eigenvalue weighted by molar-refractivity contribution is 9.10. The summed E-state index contributed by atoms with van der Waals surface area (Å²) in [4.78, 5) is 27.4. The molecule has 7 nitrogen and oxygen atoms in total. The van der Waals surface area contributed by atoms with Crippen LogP contribution in [0.3, 0.4) is 0 Å². The minimum absolute atomic E-state index is 0.0997. The number of carbonyl (C=O) groups excluding carboxylic acids is 2. The van der Waals surface area contributed by atoms with Crippen LogP contribution in [0.15, 0.2) is 34.9 Å². The molecule has 4 heterocycles. The van der Waals surface area contributed by atoms with E-state index >= 15 is 0 Å². The lowest BCUT2D eigenvalue weighted by atomic mass is 9.85. The first kappa shape index (κ1) is 23.0. The third-order valence-corrected chi connectivity index (χ3v) is 7.88. The van der Waals surface area contributed by atoms with Crippen LogP contribution >= 0.6 is 27.3 Å². The third kappa shape index (κ3) is 4.22. The Bertz CT molecular complexity index is 1280. The first-order chi connectivity index (χ1) is 16.3. The number of amides is 2. The lowest BCUT2D eigenvalue weighted by Gasteiger charge is -2.38. The summed E-state index contributed by atoms with van der Waals surface area (Å²) < 4.78 is 35.9. The number of carbonyl (C=O) groups is 2. The number of rotatable bonds is 3. The standard InChI is InChI=1S/C23H21BrF2N4O3S/c1-12(31)29-5-4-14(13-2-3-17(25)18(26)8-13)19(11-29)28-22(32)20-9-15-21-16(24)10-27-30(21)6-7-33-23(15)34-20/h2-3,8-10,14,19H,4-7,11H2,1H3,(H,28,32)/t14-,19+/m0/s1. The van der Waals surface area contributed by atoms with Crippen molar-refractivity contribution in [1.82, 2.24) is 20.0 Å². The van der Waals surface area contributed by atoms with Gasteiger partial charge < -0.3 is 15.0 Å². The zero-order chi connectivity index (χ0) is 24.0. The Labute approximate surface area is 206 Å². The number of nitrogens with one attached hydrogen (secondary N) is 1. The van der Waals surface area contributed by atoms with E-state index in [0.29, 0.717) is 41.6 Å². The molecule has 1 N–H and O–H groups in total. The van der Waals surface area contributed by atoms with Gasteiger partial charge in [0.2, 0.25) is 5.91 Å². The van der Waals surface area contributed by atoms with Gasteiger partial charge in [-0.1, -0.05) is 17.4 Å². The van der Waals surface area contributed by atoms with E-state index in [1.54, 1.807) is 17.2 Å². The molecule has 1 fully saturated rings. The number of likely N-dealkylation sites (tertiary alicyclic amines) is 1. The number of thiophene rings is 1. The van der Waals surface area contributed by atoms with Crippen LogP contribution in [0.5, 0.6) is 5.06 Å². The molecule has 2 aliphatic heterocycles. The van der Waals surface area contributed by atoms with Gasteiger partial charge in [-0.2, -0.15) is 5.10 Å². The van der Waals surface area contributed by atoms with Gasteiger partial charge in [-0.3, -0.25) is 14.3 Å². The molecule has 178 valence electrons. The number of piperidine rings is 1. The second-order valence-corrected chi connectivity index (χ2v) is 10.2. The second-order valence-electron chi connectivity index (χ2n) is 8.34. The molecule has 0 spiro atoms. The number of aromatic nitrogens is 2. The fourth-order valence-corrected chi connectivity index (χ4v) is 5.99. The van der Waals surface area contributed by atoms with Crippen molar-refractivity contribution >= 4 is 39.1 Å². The minimum atomic E-state index is -0.932. The van der Waals surface area contributed by atoms with E-state index in [4.69, 9.17) is 4.74 Å². The summed E-state index contributed by atoms with van der Waals surface area (Å²) in [5, 5.41) is 8.01. The van der Waals surface area contributed by atoms with Crippen molar-refractivity contribution in [2.75, 3.05) is 19.7 Å². The summed E-state index contributed by atoms with van der Waals surface area (Å²) in [5.74, 6) is -2.53. The first-order valence-corrected chi connectivity index (χ1v) is 12.4. The molecule has 5 rings (SSSR count). The molecule has 0 aliphatic carbocycles. The lowest BCUT2D eigenvalue weighted by Crippen LogP contribution is -2.52. The smallest absolute Gasteiger partial charge is 0.261 e. The minimum Gasteiger partial charge on any atom is -0.481 e. The van der Waals surface area contributed by atoms with Crippen molar-refractivity contribution in [1.29, 1.82) is 0 Å². The fraction of sp³-hybridized carbons (Fsp3) is 0.348. The molecule has 1 aromatic carbocycles. The zero-order valence-corrected chi connectivity index (χ0v) is 20.6. The monoisotopic (exact) mass is 550 g/mol. The predicted molar refractivity (Wildman–Crippen MR) is 126 cm³/mol. The topological polar surface area (TPSA) is 76.5 Å². The highest BCUT2D eigenvalue weighted by Crippen LogP contribution is 2.43. The maximum Gasteiger partial charge on any atom is 0.261 e. The van der Waals surface area contributed by atoms with E-state index in [0.717, 1.165) is 21.8 Å². The van der Waals surface area contributed by atoms with Gasteiger partial charge in [0.1, 0.15) is 6.61 Å². The molecule has 0 unspecified atom stereocenters. The van der Waals surface area contributed by atoms with E-state index in [9.17, 15) is 18.4 Å². The number of hydrogen-bond donors (Lipinski definition) is 1. The number of fused-ring (bicyclic) bond motifs is 3. The van der Waals surface area contributed by atoms with Crippen LogP contribution in [0.1, 0.15) is 34.5 Å². The number of ether oxygens (including phenoxy) is 1. The molecule has 34 heavy (non-hydrogen) atoms. The average Bonchev–Trinajstić information content (AvgIpc) is 3.34. The van der Waals surface area contributed by atoms with Crippen LogP contribution in [0.2, 0.25) is 0 Å². The predicted octanol–water partition coefficient (Wildman–Crippen LogP) is 4.18. The van der Waals surface area contributed by atoms with Gasteiger partial charge in [-0.25, -0.2) is 8.78 Å². The van der Waals surface area contributed by atoms with E-state index in [-0.39, 0.29) is 24.3 Å². The van der Waals surface area contributed by atoms with Crippen LogP contribution in [0.25, 0.3) is 11.3 Å². The van der Waals surface area contributed by atoms with Crippen molar-refractivity contribution < 1.29 is 23.1 Å². The number of hydrogen-bond acceptors (Lipinski definition) is 5. The summed E-state index contributed by atoms with van der Waals surface area (Å²) in [5.41, 5.74) is 2.22. The molecule has 1 saturated heterocycles. The molecule has 0 radical (unpaired) electrons. The molecule has 11 heteroatoms. The average molecular weight is 551 g/mol. The van der Waals surface area contributed by atoms with Gasteiger partial charge in [0.05, 0.1) is 39.4 Å². The van der Waals surface area contributed by atoms with Crippen LogP contribution < -0.4 is 10.1 Å². The highest BCUT2D eigenvalue weighted by Gasteiger charge is 2.34. The SMILES string of the molecule is CC(=O)N1CC[C@@H](c2ccc(F)c(F)c2)[C@H](NC(=O)c2cc3c(s2)OCCn2ncc(Br)c2-3)C1. The molecule has 0 saturated carbocycles. The zero-order valence-electron chi connectivity index (χ0n) is 18.2. The normalized spacial score (nSPS) is 19.6. The van der Waals surface area contributed by atoms with Gasteiger partial charge in [-0.05, 0) is 46.1 Å². The van der Waals surface area contributed by atoms with E-state index in [1.165, 1.54) is 30.4 Å². The second kappa shape index (κ2) is 9.10.